The summed E-state index contributed by atoms with van der Waals surface area (Å²) in [6.07, 6.45) is 5.22. The van der Waals surface area contributed by atoms with Crippen molar-refractivity contribution in [1.29, 1.82) is 0 Å². The first-order valence-corrected chi connectivity index (χ1v) is 6.23. The highest BCUT2D eigenvalue weighted by molar-refractivity contribution is 5.87. The molecule has 1 N–H and O–H groups in total. The maximum absolute atomic E-state index is 11.3. The van der Waals surface area contributed by atoms with Gasteiger partial charge in [-0.3, -0.25) is 4.98 Å². The number of hydrogen-bond donors (Lipinski definition) is 1. The monoisotopic (exact) mass is 251 g/mol. The van der Waals surface area contributed by atoms with Crippen LogP contribution in [0.4, 0.5) is 5.82 Å². The number of hydrogen-bond acceptors (Lipinski definition) is 5. The van der Waals surface area contributed by atoms with Crippen molar-refractivity contribution in [3.05, 3.63) is 18.1 Å². The predicted molar refractivity (Wildman–Crippen MR) is 70.5 cm³/mol. The van der Waals surface area contributed by atoms with Crippen LogP contribution in [-0.4, -0.2) is 29.1 Å². The molecule has 5 nitrogen and oxygen atoms in total. The van der Waals surface area contributed by atoms with Gasteiger partial charge in [-0.1, -0.05) is 20.3 Å². The summed E-state index contributed by atoms with van der Waals surface area (Å²) in [7, 11) is 1.33. The minimum atomic E-state index is -0.472. The Kier molecular flexibility index (Phi) is 5.55. The lowest BCUT2D eigenvalue weighted by Gasteiger charge is -2.17. The number of nitrogens with one attached hydrogen (secondary N) is 1. The molecule has 1 aromatic heterocycles. The topological polar surface area (TPSA) is 64.1 Å². The first-order valence-electron chi connectivity index (χ1n) is 6.23. The van der Waals surface area contributed by atoms with Crippen LogP contribution >= 0.6 is 0 Å². The van der Waals surface area contributed by atoms with E-state index in [4.69, 9.17) is 0 Å². The largest absolute Gasteiger partial charge is 0.464 e. The quantitative estimate of drug-likeness (QED) is 0.787. The van der Waals surface area contributed by atoms with Gasteiger partial charge in [-0.25, -0.2) is 9.78 Å². The minimum Gasteiger partial charge on any atom is -0.464 e. The van der Waals surface area contributed by atoms with Crippen molar-refractivity contribution < 1.29 is 9.53 Å². The van der Waals surface area contributed by atoms with Gasteiger partial charge in [-0.05, 0) is 19.3 Å². The fourth-order valence-electron chi connectivity index (χ4n) is 1.72. The predicted octanol–water partition coefficient (Wildman–Crippen LogP) is 2.50. The van der Waals surface area contributed by atoms with E-state index in [-0.39, 0.29) is 5.69 Å². The van der Waals surface area contributed by atoms with Gasteiger partial charge in [0.05, 0.1) is 19.5 Å². The minimum absolute atomic E-state index is 0.221. The molecule has 0 aliphatic heterocycles. The second-order valence-corrected chi connectivity index (χ2v) is 4.58. The van der Waals surface area contributed by atoms with Gasteiger partial charge in [0.15, 0.2) is 5.69 Å². The van der Waals surface area contributed by atoms with E-state index in [2.05, 4.69) is 40.8 Å². The third-order valence-corrected chi connectivity index (χ3v) is 2.88. The molecule has 0 radical (unpaired) electrons. The van der Waals surface area contributed by atoms with Gasteiger partial charge < -0.3 is 10.1 Å². The first-order chi connectivity index (χ1) is 8.56. The summed E-state index contributed by atoms with van der Waals surface area (Å²) >= 11 is 0. The Bertz CT molecular complexity index is 396. The summed E-state index contributed by atoms with van der Waals surface area (Å²) < 4.78 is 4.61. The van der Waals surface area contributed by atoms with Gasteiger partial charge >= 0.3 is 5.97 Å². The van der Waals surface area contributed by atoms with E-state index in [0.717, 1.165) is 12.8 Å². The molecule has 0 aliphatic carbocycles. The third kappa shape index (κ3) is 4.31. The number of esters is 1. The molecule has 0 fully saturated rings. The molecule has 1 heterocycles. The molecule has 0 amide bonds. The number of carbonyl (C=O) groups is 1. The van der Waals surface area contributed by atoms with E-state index in [1.54, 1.807) is 6.20 Å². The van der Waals surface area contributed by atoms with E-state index < -0.39 is 5.97 Å². The van der Waals surface area contributed by atoms with Crippen LogP contribution in [0.5, 0.6) is 0 Å². The van der Waals surface area contributed by atoms with Crippen molar-refractivity contribution in [2.24, 2.45) is 5.92 Å². The zero-order valence-electron chi connectivity index (χ0n) is 11.4. The standard InChI is InChI=1S/C13H21N3O2/c1-5-9(2)6-10(3)15-12-8-14-7-11(16-12)13(17)18-4/h7-10H,5-6H2,1-4H3,(H,15,16). The Balaban J connectivity index is 2.64. The van der Waals surface area contributed by atoms with E-state index in [9.17, 15) is 4.79 Å². The van der Waals surface area contributed by atoms with E-state index >= 15 is 0 Å². The van der Waals surface area contributed by atoms with Crippen LogP contribution in [0.25, 0.3) is 0 Å². The van der Waals surface area contributed by atoms with Crippen LogP contribution in [0.1, 0.15) is 44.1 Å². The number of rotatable bonds is 6. The van der Waals surface area contributed by atoms with Gasteiger partial charge in [-0.15, -0.1) is 0 Å². The smallest absolute Gasteiger partial charge is 0.358 e. The summed E-state index contributed by atoms with van der Waals surface area (Å²) in [6, 6.07) is 0.294. The van der Waals surface area contributed by atoms with Gasteiger partial charge in [0.25, 0.3) is 0 Å². The van der Waals surface area contributed by atoms with Crippen LogP contribution in [-0.2, 0) is 4.74 Å². The Labute approximate surface area is 108 Å². The second-order valence-electron chi connectivity index (χ2n) is 4.58. The molecule has 0 saturated carbocycles. The van der Waals surface area contributed by atoms with Gasteiger partial charge in [0, 0.05) is 6.04 Å². The van der Waals surface area contributed by atoms with Crippen LogP contribution in [0.15, 0.2) is 12.4 Å². The van der Waals surface area contributed by atoms with Crippen molar-refractivity contribution in [2.75, 3.05) is 12.4 Å². The average molecular weight is 251 g/mol. The van der Waals surface area contributed by atoms with Crippen LogP contribution in [0.2, 0.25) is 0 Å². The average Bonchev–Trinajstić information content (AvgIpc) is 2.37. The maximum atomic E-state index is 11.3. The number of ether oxygens (including phenoxy) is 1. The number of anilines is 1. The zero-order chi connectivity index (χ0) is 13.5. The highest BCUT2D eigenvalue weighted by Crippen LogP contribution is 2.13. The number of methoxy groups -OCH3 is 1. The van der Waals surface area contributed by atoms with Gasteiger partial charge in [-0.2, -0.15) is 0 Å². The van der Waals surface area contributed by atoms with E-state index in [0.29, 0.717) is 17.8 Å². The summed E-state index contributed by atoms with van der Waals surface area (Å²) in [6.45, 7) is 6.49. The summed E-state index contributed by atoms with van der Waals surface area (Å²) in [4.78, 5) is 19.5. The Morgan fingerprint density at radius 1 is 1.44 bits per heavy atom. The summed E-state index contributed by atoms with van der Waals surface area (Å²) in [5.74, 6) is 0.790. The summed E-state index contributed by atoms with van der Waals surface area (Å²) in [5.41, 5.74) is 0.221. The first kappa shape index (κ1) is 14.4. The van der Waals surface area contributed by atoms with E-state index in [1.807, 2.05) is 0 Å². The Morgan fingerprint density at radius 3 is 2.78 bits per heavy atom. The van der Waals surface area contributed by atoms with Crippen molar-refractivity contribution in [2.45, 2.75) is 39.7 Å². The maximum Gasteiger partial charge on any atom is 0.358 e. The fraction of sp³-hybridized carbons (Fsp3) is 0.615. The lowest BCUT2D eigenvalue weighted by atomic mass is 10.0. The molecule has 2 unspecified atom stereocenters. The molecule has 1 aromatic rings. The van der Waals surface area contributed by atoms with Crippen molar-refractivity contribution in [3.8, 4) is 0 Å². The van der Waals surface area contributed by atoms with Crippen LogP contribution < -0.4 is 5.32 Å². The normalized spacial score (nSPS) is 13.8. The van der Waals surface area contributed by atoms with E-state index in [1.165, 1.54) is 13.3 Å². The van der Waals surface area contributed by atoms with Crippen LogP contribution in [0.3, 0.4) is 0 Å². The molecule has 0 aliphatic rings. The molecular weight excluding hydrogens is 230 g/mol. The lowest BCUT2D eigenvalue weighted by Crippen LogP contribution is -2.20. The Hall–Kier alpha value is -1.65. The molecule has 100 valence electrons. The molecule has 18 heavy (non-hydrogen) atoms. The SMILES string of the molecule is CCC(C)CC(C)Nc1cncc(C(=O)OC)n1. The highest BCUT2D eigenvalue weighted by atomic mass is 16.5. The van der Waals surface area contributed by atoms with Crippen molar-refractivity contribution in [3.63, 3.8) is 0 Å². The summed E-state index contributed by atoms with van der Waals surface area (Å²) in [5, 5.41) is 3.25. The molecule has 2 atom stereocenters. The highest BCUT2D eigenvalue weighted by Gasteiger charge is 2.11. The second kappa shape index (κ2) is 6.93. The number of aromatic nitrogens is 2. The molecule has 1 rings (SSSR count). The molecule has 0 bridgehead atoms. The molecule has 0 spiro atoms. The fourth-order valence-corrected chi connectivity index (χ4v) is 1.72. The molecule has 5 heteroatoms. The molecular formula is C13H21N3O2. The Morgan fingerprint density at radius 2 is 2.17 bits per heavy atom. The molecule has 0 aromatic carbocycles. The van der Waals surface area contributed by atoms with Gasteiger partial charge in [0.1, 0.15) is 5.82 Å². The lowest BCUT2D eigenvalue weighted by molar-refractivity contribution is 0.0593. The zero-order valence-corrected chi connectivity index (χ0v) is 11.4. The number of nitrogens with zero attached hydrogens (tertiary/aromatic N) is 2. The van der Waals surface area contributed by atoms with Crippen molar-refractivity contribution >= 4 is 11.8 Å². The van der Waals surface area contributed by atoms with Crippen LogP contribution in [0, 0.1) is 5.92 Å². The van der Waals surface area contributed by atoms with Gasteiger partial charge in [0.2, 0.25) is 0 Å². The molecule has 0 saturated heterocycles. The van der Waals surface area contributed by atoms with Crippen molar-refractivity contribution in [1.82, 2.24) is 9.97 Å². The third-order valence-electron chi connectivity index (χ3n) is 2.88. The number of carbonyl (C=O) groups excluding carboxylic acids is 1.